The van der Waals surface area contributed by atoms with Crippen LogP contribution in [-0.2, 0) is 18.9 Å². The van der Waals surface area contributed by atoms with Gasteiger partial charge in [-0.2, -0.15) is 0 Å². The van der Waals surface area contributed by atoms with E-state index in [1.807, 2.05) is 0 Å². The van der Waals surface area contributed by atoms with Crippen molar-refractivity contribution in [3.05, 3.63) is 24.2 Å². The van der Waals surface area contributed by atoms with E-state index in [4.69, 9.17) is 18.9 Å². The van der Waals surface area contributed by atoms with Gasteiger partial charge in [-0.3, -0.25) is 14.2 Å². The molecule has 2 fully saturated rings. The van der Waals surface area contributed by atoms with Crippen molar-refractivity contribution in [3.8, 4) is 0 Å². The molecule has 108 valence electrons. The summed E-state index contributed by atoms with van der Waals surface area (Å²) in [6.07, 6.45) is 3.16. The first-order valence-electron chi connectivity index (χ1n) is 6.63. The van der Waals surface area contributed by atoms with Gasteiger partial charge in [-0.1, -0.05) is 13.0 Å². The fraction of sp³-hybridized carbons (Fsp3) is 0.714. The first-order chi connectivity index (χ1) is 8.87. The van der Waals surface area contributed by atoms with Crippen molar-refractivity contribution >= 4 is 0 Å². The predicted octanol–water partition coefficient (Wildman–Crippen LogP) is 3.33. The van der Waals surface area contributed by atoms with Crippen LogP contribution in [0, 0.1) is 0 Å². The molecule has 0 spiro atoms. The standard InChI is InChI=1S/C14H22O5/c1-5-16-14(18-13(3,4)19-14)17-12-9-7-6-8-11(12)10(2)15/h5,12,15H,1,6-9H2,2-4H3/b11-10-. The van der Waals surface area contributed by atoms with Gasteiger partial charge >= 0.3 is 6.16 Å². The predicted molar refractivity (Wildman–Crippen MR) is 68.9 cm³/mol. The van der Waals surface area contributed by atoms with Crippen molar-refractivity contribution in [2.24, 2.45) is 0 Å². The summed E-state index contributed by atoms with van der Waals surface area (Å²) in [6.45, 7) is 8.72. The van der Waals surface area contributed by atoms with Crippen LogP contribution in [0.5, 0.6) is 0 Å². The topological polar surface area (TPSA) is 57.2 Å². The van der Waals surface area contributed by atoms with Gasteiger partial charge in [0.05, 0.1) is 18.1 Å². The molecule has 19 heavy (non-hydrogen) atoms. The summed E-state index contributed by atoms with van der Waals surface area (Å²) in [7, 11) is 0. The number of rotatable bonds is 4. The molecule has 1 saturated carbocycles. The summed E-state index contributed by atoms with van der Waals surface area (Å²) in [5.41, 5.74) is 0.884. The van der Waals surface area contributed by atoms with Crippen molar-refractivity contribution in [3.63, 3.8) is 0 Å². The van der Waals surface area contributed by atoms with Crippen LogP contribution in [0.1, 0.15) is 46.5 Å². The Labute approximate surface area is 113 Å². The maximum absolute atomic E-state index is 9.72. The Hall–Kier alpha value is -1.04. The summed E-state index contributed by atoms with van der Waals surface area (Å²) in [6, 6.07) is 0. The van der Waals surface area contributed by atoms with Gasteiger partial charge in [0, 0.05) is 0 Å². The van der Waals surface area contributed by atoms with Crippen LogP contribution >= 0.6 is 0 Å². The van der Waals surface area contributed by atoms with Crippen LogP contribution in [0.4, 0.5) is 0 Å². The van der Waals surface area contributed by atoms with E-state index in [2.05, 4.69) is 6.58 Å². The van der Waals surface area contributed by atoms with Crippen LogP contribution < -0.4 is 0 Å². The molecular weight excluding hydrogens is 248 g/mol. The van der Waals surface area contributed by atoms with Crippen molar-refractivity contribution in [1.29, 1.82) is 0 Å². The second kappa shape index (κ2) is 5.15. The lowest BCUT2D eigenvalue weighted by molar-refractivity contribution is -0.650. The SMILES string of the molecule is C=COC1(OC2CCCC/C2=C(\C)O)OC(C)(C)O1. The highest BCUT2D eigenvalue weighted by molar-refractivity contribution is 5.13. The normalized spacial score (nSPS) is 31.2. The third kappa shape index (κ3) is 3.11. The summed E-state index contributed by atoms with van der Waals surface area (Å²) in [5, 5.41) is 9.72. The molecule has 2 rings (SSSR count). The van der Waals surface area contributed by atoms with Gasteiger partial charge < -0.3 is 9.84 Å². The minimum Gasteiger partial charge on any atom is -0.513 e. The molecule has 5 nitrogen and oxygen atoms in total. The number of hydrogen-bond donors (Lipinski definition) is 1. The molecule has 1 N–H and O–H groups in total. The van der Waals surface area contributed by atoms with Gasteiger partial charge in [-0.15, -0.1) is 0 Å². The molecule has 0 aromatic heterocycles. The molecule has 0 aromatic rings. The van der Waals surface area contributed by atoms with Crippen LogP contribution in [0.3, 0.4) is 0 Å². The molecule has 1 unspecified atom stereocenters. The average Bonchev–Trinajstić information content (AvgIpc) is 2.27. The number of aliphatic hydroxyl groups excluding tert-OH is 1. The number of hydrogen-bond acceptors (Lipinski definition) is 5. The second-order valence-electron chi connectivity index (χ2n) is 5.35. The van der Waals surface area contributed by atoms with Crippen LogP contribution in [0.2, 0.25) is 0 Å². The minimum absolute atomic E-state index is 0.255. The van der Waals surface area contributed by atoms with E-state index in [0.717, 1.165) is 31.3 Å². The Morgan fingerprint density at radius 2 is 2.11 bits per heavy atom. The van der Waals surface area contributed by atoms with Crippen LogP contribution in [0.25, 0.3) is 0 Å². The number of aliphatic hydroxyl groups is 1. The minimum atomic E-state index is -1.53. The van der Waals surface area contributed by atoms with Gasteiger partial charge in [0.25, 0.3) is 0 Å². The average molecular weight is 270 g/mol. The zero-order valence-electron chi connectivity index (χ0n) is 11.8. The molecular formula is C14H22O5. The Morgan fingerprint density at radius 3 is 2.63 bits per heavy atom. The van der Waals surface area contributed by atoms with Gasteiger partial charge in [0.2, 0.25) is 0 Å². The van der Waals surface area contributed by atoms with E-state index in [9.17, 15) is 5.11 Å². The fourth-order valence-corrected chi connectivity index (χ4v) is 2.53. The molecule has 0 bridgehead atoms. The van der Waals surface area contributed by atoms with Gasteiger partial charge in [0.1, 0.15) is 0 Å². The highest BCUT2D eigenvalue weighted by atomic mass is 17.1. The van der Waals surface area contributed by atoms with Crippen molar-refractivity contribution in [1.82, 2.24) is 0 Å². The smallest absolute Gasteiger partial charge is 0.465 e. The second-order valence-corrected chi connectivity index (χ2v) is 5.35. The maximum atomic E-state index is 9.72. The van der Waals surface area contributed by atoms with Gasteiger partial charge in [-0.25, -0.2) is 0 Å². The molecule has 0 radical (unpaired) electrons. The third-order valence-electron chi connectivity index (χ3n) is 3.27. The van der Waals surface area contributed by atoms with E-state index >= 15 is 0 Å². The van der Waals surface area contributed by atoms with Gasteiger partial charge in [0.15, 0.2) is 5.79 Å². The Balaban J connectivity index is 2.09. The fourth-order valence-electron chi connectivity index (χ4n) is 2.53. The number of allylic oxidation sites excluding steroid dienone is 1. The zero-order chi connectivity index (χ0) is 14.1. The van der Waals surface area contributed by atoms with E-state index < -0.39 is 11.9 Å². The van der Waals surface area contributed by atoms with E-state index in [1.54, 1.807) is 20.8 Å². The zero-order valence-corrected chi connectivity index (χ0v) is 11.8. The molecule has 1 aliphatic heterocycles. The Bertz CT molecular complexity index is 373. The van der Waals surface area contributed by atoms with E-state index in [0.29, 0.717) is 5.76 Å². The monoisotopic (exact) mass is 270 g/mol. The van der Waals surface area contributed by atoms with Crippen LogP contribution in [0.15, 0.2) is 24.2 Å². The molecule has 1 heterocycles. The van der Waals surface area contributed by atoms with Crippen molar-refractivity contribution in [2.45, 2.75) is 64.5 Å². The van der Waals surface area contributed by atoms with Gasteiger partial charge in [-0.05, 0) is 45.6 Å². The molecule has 0 amide bonds. The van der Waals surface area contributed by atoms with Crippen LogP contribution in [-0.4, -0.2) is 23.2 Å². The Kier molecular flexibility index (Phi) is 3.90. The maximum Gasteiger partial charge on any atom is 0.465 e. The summed E-state index contributed by atoms with van der Waals surface area (Å²) in [4.78, 5) is 0. The summed E-state index contributed by atoms with van der Waals surface area (Å²) in [5.74, 6) is -0.437. The lowest BCUT2D eigenvalue weighted by Crippen LogP contribution is -2.63. The van der Waals surface area contributed by atoms with E-state index in [1.165, 1.54) is 6.26 Å². The third-order valence-corrected chi connectivity index (χ3v) is 3.27. The largest absolute Gasteiger partial charge is 0.513 e. The molecule has 1 aliphatic carbocycles. The molecule has 5 heteroatoms. The molecule has 2 aliphatic rings. The highest BCUT2D eigenvalue weighted by Gasteiger charge is 2.58. The number of ether oxygens (including phenoxy) is 4. The lowest BCUT2D eigenvalue weighted by Gasteiger charge is -2.50. The quantitative estimate of drug-likeness (QED) is 0.627. The first-order valence-corrected chi connectivity index (χ1v) is 6.63. The highest BCUT2D eigenvalue weighted by Crippen LogP contribution is 2.43. The van der Waals surface area contributed by atoms with E-state index in [-0.39, 0.29) is 6.10 Å². The summed E-state index contributed by atoms with van der Waals surface area (Å²) < 4.78 is 22.1. The summed E-state index contributed by atoms with van der Waals surface area (Å²) >= 11 is 0. The molecule has 0 aromatic carbocycles. The lowest BCUT2D eigenvalue weighted by atomic mass is 9.91. The molecule has 1 saturated heterocycles. The Morgan fingerprint density at radius 1 is 1.42 bits per heavy atom. The van der Waals surface area contributed by atoms with Crippen molar-refractivity contribution < 1.29 is 24.1 Å². The first kappa shape index (κ1) is 14.4. The molecule has 1 atom stereocenters. The van der Waals surface area contributed by atoms with Crippen molar-refractivity contribution in [2.75, 3.05) is 0 Å².